The Morgan fingerprint density at radius 1 is 1.17 bits per heavy atom. The highest BCUT2D eigenvalue weighted by Crippen LogP contribution is 2.26. The van der Waals surface area contributed by atoms with E-state index in [9.17, 15) is 14.7 Å². The molecule has 0 saturated carbocycles. The van der Waals surface area contributed by atoms with Crippen LogP contribution in [0.2, 0.25) is 0 Å². The van der Waals surface area contributed by atoms with Gasteiger partial charge in [0.2, 0.25) is 5.72 Å². The number of aliphatic hydroxyl groups is 1. The maximum Gasteiger partial charge on any atom is 0.410 e. The molecule has 0 radical (unpaired) electrons. The first-order valence-electron chi connectivity index (χ1n) is 10.8. The van der Waals surface area contributed by atoms with Gasteiger partial charge in [-0.05, 0) is 70.3 Å². The van der Waals surface area contributed by atoms with Crippen LogP contribution in [0.3, 0.4) is 0 Å². The maximum atomic E-state index is 12.2. The number of hydrogen-bond acceptors (Lipinski definition) is 7. The maximum absolute atomic E-state index is 12.2. The van der Waals surface area contributed by atoms with Gasteiger partial charge in [-0.25, -0.2) is 9.59 Å². The van der Waals surface area contributed by atoms with Crippen LogP contribution in [0.15, 0.2) is 0 Å². The van der Waals surface area contributed by atoms with Crippen LogP contribution in [-0.2, 0) is 19.0 Å². The van der Waals surface area contributed by atoms with Gasteiger partial charge < -0.3 is 19.3 Å². The van der Waals surface area contributed by atoms with Gasteiger partial charge in [-0.2, -0.15) is 11.8 Å². The van der Waals surface area contributed by atoms with E-state index in [0.717, 1.165) is 25.0 Å². The first-order chi connectivity index (χ1) is 13.9. The Bertz CT molecular complexity index is 508. The van der Waals surface area contributed by atoms with Crippen LogP contribution in [0.4, 0.5) is 4.79 Å². The number of amides is 1. The lowest BCUT2D eigenvalue weighted by Crippen LogP contribution is -2.56. The minimum atomic E-state index is -2.12. The number of nitrogens with one attached hydrogen (secondary N) is 1. The zero-order valence-electron chi connectivity index (χ0n) is 20.1. The number of ether oxygens (including phenoxy) is 3. The fourth-order valence-electron chi connectivity index (χ4n) is 3.17. The zero-order chi connectivity index (χ0) is 23.4. The Labute approximate surface area is 187 Å². The van der Waals surface area contributed by atoms with Gasteiger partial charge in [0.1, 0.15) is 5.60 Å². The van der Waals surface area contributed by atoms with Gasteiger partial charge in [0.25, 0.3) is 0 Å². The Kier molecular flexibility index (Phi) is 13.7. The Balaban J connectivity index is 5.09. The van der Waals surface area contributed by atoms with Crippen molar-refractivity contribution in [2.75, 3.05) is 25.7 Å². The summed E-state index contributed by atoms with van der Waals surface area (Å²) in [5.74, 6) is 0.883. The molecule has 30 heavy (non-hydrogen) atoms. The summed E-state index contributed by atoms with van der Waals surface area (Å²) in [4.78, 5) is 24.3. The number of hydrogen-bond donors (Lipinski definition) is 2. The van der Waals surface area contributed by atoms with Crippen LogP contribution in [0.1, 0.15) is 73.6 Å². The van der Waals surface area contributed by atoms with E-state index in [-0.39, 0.29) is 12.5 Å². The van der Waals surface area contributed by atoms with Crippen molar-refractivity contribution in [2.45, 2.75) is 91.1 Å². The summed E-state index contributed by atoms with van der Waals surface area (Å²) in [6, 6.07) is 0. The van der Waals surface area contributed by atoms with E-state index in [1.54, 1.807) is 32.5 Å². The van der Waals surface area contributed by atoms with E-state index in [4.69, 9.17) is 14.2 Å². The average molecular weight is 450 g/mol. The molecule has 178 valence electrons. The minimum Gasteiger partial charge on any atom is -0.465 e. The average Bonchev–Trinajstić information content (AvgIpc) is 2.63. The topological polar surface area (TPSA) is 94.1 Å². The first kappa shape index (κ1) is 29.0. The molecular weight excluding hydrogens is 406 g/mol. The van der Waals surface area contributed by atoms with E-state index >= 15 is 0 Å². The quantitative estimate of drug-likeness (QED) is 0.300. The number of thioether (sulfide) groups is 1. The summed E-state index contributed by atoms with van der Waals surface area (Å²) < 4.78 is 16.0. The molecule has 3 atom stereocenters. The summed E-state index contributed by atoms with van der Waals surface area (Å²) in [5, 5.41) is 13.1. The lowest BCUT2D eigenvalue weighted by Gasteiger charge is -2.30. The van der Waals surface area contributed by atoms with Crippen molar-refractivity contribution >= 4 is 23.8 Å². The molecule has 0 aliphatic rings. The lowest BCUT2D eigenvalue weighted by molar-refractivity contribution is -0.167. The van der Waals surface area contributed by atoms with Crippen LogP contribution in [0.5, 0.6) is 0 Å². The van der Waals surface area contributed by atoms with Gasteiger partial charge >= 0.3 is 12.1 Å². The Morgan fingerprint density at radius 2 is 1.80 bits per heavy atom. The van der Waals surface area contributed by atoms with Crippen LogP contribution in [0, 0.1) is 11.8 Å². The largest absolute Gasteiger partial charge is 0.465 e. The molecule has 2 N–H and O–H groups in total. The molecule has 0 heterocycles. The third-order valence-electron chi connectivity index (χ3n) is 4.61. The van der Waals surface area contributed by atoms with E-state index in [1.165, 1.54) is 7.11 Å². The Morgan fingerprint density at radius 3 is 2.27 bits per heavy atom. The first-order valence-corrected chi connectivity index (χ1v) is 12.2. The highest BCUT2D eigenvalue weighted by Gasteiger charge is 2.40. The molecule has 0 saturated heterocycles. The standard InChI is InChI=1S/C22H43NO6S/c1-9-18(28-15-16(2)3)17(12-14-30-8)11-10-13-22(26,19(24)27-7)23-20(25)29-21(4,5)6/h16-18,26H,9-15H2,1-8H3,(H,23,25). The number of methoxy groups -OCH3 is 1. The van der Waals surface area contributed by atoms with Gasteiger partial charge in [-0.15, -0.1) is 0 Å². The molecule has 0 aliphatic carbocycles. The van der Waals surface area contributed by atoms with Crippen molar-refractivity contribution in [1.29, 1.82) is 0 Å². The van der Waals surface area contributed by atoms with Gasteiger partial charge in [0, 0.05) is 13.0 Å². The van der Waals surface area contributed by atoms with Gasteiger partial charge in [0.15, 0.2) is 0 Å². The third-order valence-corrected chi connectivity index (χ3v) is 5.25. The molecule has 1 amide bonds. The summed E-state index contributed by atoms with van der Waals surface area (Å²) in [6.45, 7) is 12.2. The smallest absolute Gasteiger partial charge is 0.410 e. The normalized spacial score (nSPS) is 15.9. The number of carbonyl (C=O) groups is 2. The van der Waals surface area contributed by atoms with E-state index < -0.39 is 23.4 Å². The second-order valence-corrected chi connectivity index (χ2v) is 10.1. The van der Waals surface area contributed by atoms with Crippen molar-refractivity contribution in [3.8, 4) is 0 Å². The fraction of sp³-hybridized carbons (Fsp3) is 0.909. The van der Waals surface area contributed by atoms with Crippen molar-refractivity contribution in [2.24, 2.45) is 11.8 Å². The van der Waals surface area contributed by atoms with Gasteiger partial charge in [0.05, 0.1) is 13.2 Å². The molecule has 0 spiro atoms. The molecular formula is C22H43NO6S. The van der Waals surface area contributed by atoms with Crippen molar-refractivity contribution in [3.63, 3.8) is 0 Å². The molecule has 8 heteroatoms. The summed E-state index contributed by atoms with van der Waals surface area (Å²) in [5.41, 5.74) is -2.87. The summed E-state index contributed by atoms with van der Waals surface area (Å²) in [6.07, 6.45) is 4.58. The van der Waals surface area contributed by atoms with Crippen molar-refractivity contribution in [3.05, 3.63) is 0 Å². The van der Waals surface area contributed by atoms with E-state index in [0.29, 0.717) is 24.9 Å². The second kappa shape index (κ2) is 14.1. The number of esters is 1. The number of rotatable bonds is 14. The van der Waals surface area contributed by atoms with Crippen LogP contribution in [-0.4, -0.2) is 60.3 Å². The highest BCUT2D eigenvalue weighted by molar-refractivity contribution is 7.98. The molecule has 0 aliphatic heterocycles. The van der Waals surface area contributed by atoms with E-state index in [1.807, 2.05) is 0 Å². The zero-order valence-corrected chi connectivity index (χ0v) is 20.9. The predicted molar refractivity (Wildman–Crippen MR) is 122 cm³/mol. The van der Waals surface area contributed by atoms with Crippen LogP contribution >= 0.6 is 11.8 Å². The lowest BCUT2D eigenvalue weighted by atomic mass is 9.90. The second-order valence-electron chi connectivity index (χ2n) is 9.09. The van der Waals surface area contributed by atoms with Crippen molar-refractivity contribution in [1.82, 2.24) is 5.32 Å². The molecule has 0 rings (SSSR count). The summed E-state index contributed by atoms with van der Waals surface area (Å²) in [7, 11) is 1.18. The van der Waals surface area contributed by atoms with Crippen molar-refractivity contribution < 1.29 is 28.9 Å². The fourth-order valence-corrected chi connectivity index (χ4v) is 3.70. The summed E-state index contributed by atoms with van der Waals surface area (Å²) >= 11 is 1.79. The van der Waals surface area contributed by atoms with Crippen LogP contribution < -0.4 is 5.32 Å². The Hall–Kier alpha value is -0.990. The minimum absolute atomic E-state index is 0.0370. The molecule has 0 aromatic rings. The number of alkyl carbamates (subject to hydrolysis) is 1. The monoisotopic (exact) mass is 449 g/mol. The highest BCUT2D eigenvalue weighted by atomic mass is 32.2. The molecule has 0 bridgehead atoms. The SMILES string of the molecule is CCC(OCC(C)C)C(CCCC(O)(NC(=O)OC(C)(C)C)C(=O)OC)CCSC. The van der Waals surface area contributed by atoms with E-state index in [2.05, 4.69) is 32.3 Å². The number of carbonyl (C=O) groups excluding carboxylic acids is 2. The third kappa shape index (κ3) is 12.0. The molecule has 7 nitrogen and oxygen atoms in total. The molecule has 0 fully saturated rings. The molecule has 0 aromatic heterocycles. The van der Waals surface area contributed by atoms with Gasteiger partial charge in [-0.3, -0.25) is 5.32 Å². The van der Waals surface area contributed by atoms with Crippen LogP contribution in [0.25, 0.3) is 0 Å². The molecule has 0 aromatic carbocycles. The van der Waals surface area contributed by atoms with Gasteiger partial charge in [-0.1, -0.05) is 20.8 Å². The predicted octanol–water partition coefficient (Wildman–Crippen LogP) is 4.36. The molecule has 3 unspecified atom stereocenters.